The first-order valence-corrected chi connectivity index (χ1v) is 13.9. The molecule has 6 rings (SSSR count). The van der Waals surface area contributed by atoms with Crippen molar-refractivity contribution in [3.8, 4) is 0 Å². The van der Waals surface area contributed by atoms with Gasteiger partial charge in [-0.3, -0.25) is 14.4 Å². The monoisotopic (exact) mass is 546 g/mol. The van der Waals surface area contributed by atoms with E-state index >= 15 is 0 Å². The molecule has 3 aromatic rings. The summed E-state index contributed by atoms with van der Waals surface area (Å²) in [5.41, 5.74) is 0.0689. The van der Waals surface area contributed by atoms with Gasteiger partial charge in [0.1, 0.15) is 23.8 Å². The number of anilines is 1. The number of aliphatic hydroxyl groups is 1. The van der Waals surface area contributed by atoms with Crippen LogP contribution in [0.1, 0.15) is 39.5 Å². The maximum absolute atomic E-state index is 14.2. The lowest BCUT2D eigenvalue weighted by Crippen LogP contribution is -2.58. The van der Waals surface area contributed by atoms with E-state index in [1.807, 2.05) is 56.3 Å². The van der Waals surface area contributed by atoms with E-state index in [9.17, 15) is 19.5 Å². The van der Waals surface area contributed by atoms with Crippen LogP contribution in [0.4, 0.5) is 5.69 Å². The zero-order valence-corrected chi connectivity index (χ0v) is 22.6. The number of para-hydroxylation sites is 2. The van der Waals surface area contributed by atoms with Crippen molar-refractivity contribution in [2.75, 3.05) is 11.9 Å². The summed E-state index contributed by atoms with van der Waals surface area (Å²) >= 11 is 0. The Kier molecular flexibility index (Phi) is 6.58. The summed E-state index contributed by atoms with van der Waals surface area (Å²) in [4.78, 5) is 43.6. The number of nitrogens with one attached hydrogen (secondary N) is 2. The summed E-state index contributed by atoms with van der Waals surface area (Å²) < 4.78 is 8.36. The molecule has 4 heterocycles. The Morgan fingerprint density at radius 2 is 1.85 bits per heavy atom. The molecule has 2 unspecified atom stereocenters. The van der Waals surface area contributed by atoms with Crippen molar-refractivity contribution in [2.24, 2.45) is 11.8 Å². The SMILES string of the molecule is CC[C@@H](CO)N1C(=O)[C@@H]2[C@H](C(=O)Nc3ccccc3)[C@]3(CC)CCC2(O3)C1C(=O)NCn1nnc2ccccc21. The average Bonchev–Trinajstić information content (AvgIpc) is 3.70. The Bertz CT molecular complexity index is 1440. The lowest BCUT2D eigenvalue weighted by atomic mass is 9.65. The summed E-state index contributed by atoms with van der Waals surface area (Å²) in [7, 11) is 0. The molecular formula is C29H34N6O5. The number of carbonyl (C=O) groups is 3. The van der Waals surface area contributed by atoms with E-state index in [-0.39, 0.29) is 25.1 Å². The van der Waals surface area contributed by atoms with E-state index < -0.39 is 41.0 Å². The van der Waals surface area contributed by atoms with Crippen LogP contribution in [0.3, 0.4) is 0 Å². The van der Waals surface area contributed by atoms with Gasteiger partial charge in [0, 0.05) is 5.69 Å². The van der Waals surface area contributed by atoms with Gasteiger partial charge in [0.05, 0.1) is 35.6 Å². The molecule has 3 saturated heterocycles. The normalized spacial score (nSPS) is 29.5. The highest BCUT2D eigenvalue weighted by molar-refractivity contribution is 6.02. The lowest BCUT2D eigenvalue weighted by Gasteiger charge is -2.37. The molecule has 2 bridgehead atoms. The third kappa shape index (κ3) is 3.82. The number of aliphatic hydroxyl groups excluding tert-OH is 1. The van der Waals surface area contributed by atoms with Gasteiger partial charge in [0.2, 0.25) is 17.7 Å². The first kappa shape index (κ1) is 26.4. The summed E-state index contributed by atoms with van der Waals surface area (Å²) in [5.74, 6) is -2.63. The van der Waals surface area contributed by atoms with Gasteiger partial charge in [-0.25, -0.2) is 4.68 Å². The van der Waals surface area contributed by atoms with E-state index in [1.54, 1.807) is 16.8 Å². The smallest absolute Gasteiger partial charge is 0.247 e. The minimum Gasteiger partial charge on any atom is -0.394 e. The third-order valence-electron chi connectivity index (χ3n) is 9.09. The van der Waals surface area contributed by atoms with E-state index in [0.29, 0.717) is 36.9 Å². The van der Waals surface area contributed by atoms with Crippen LogP contribution >= 0.6 is 0 Å². The highest BCUT2D eigenvalue weighted by Gasteiger charge is 2.79. The highest BCUT2D eigenvalue weighted by atomic mass is 16.5. The molecule has 3 amide bonds. The molecule has 6 atom stereocenters. The number of amides is 3. The predicted molar refractivity (Wildman–Crippen MR) is 146 cm³/mol. The van der Waals surface area contributed by atoms with Crippen molar-refractivity contribution in [3.05, 3.63) is 54.6 Å². The van der Waals surface area contributed by atoms with Crippen molar-refractivity contribution in [2.45, 2.75) is 69.5 Å². The molecule has 0 saturated carbocycles. The molecule has 3 N–H and O–H groups in total. The number of hydrogen-bond donors (Lipinski definition) is 3. The van der Waals surface area contributed by atoms with Crippen molar-refractivity contribution >= 4 is 34.4 Å². The Balaban J connectivity index is 1.35. The Hall–Kier alpha value is -3.83. The summed E-state index contributed by atoms with van der Waals surface area (Å²) in [5, 5.41) is 24.4. The predicted octanol–water partition coefficient (Wildman–Crippen LogP) is 2.07. The Labute approximate surface area is 231 Å². The molecule has 11 heteroatoms. The van der Waals surface area contributed by atoms with Gasteiger partial charge in [0.15, 0.2) is 0 Å². The Morgan fingerprint density at radius 1 is 1.10 bits per heavy atom. The fourth-order valence-corrected chi connectivity index (χ4v) is 7.19. The van der Waals surface area contributed by atoms with Gasteiger partial charge in [-0.2, -0.15) is 0 Å². The van der Waals surface area contributed by atoms with Crippen LogP contribution < -0.4 is 10.6 Å². The van der Waals surface area contributed by atoms with Crippen LogP contribution in [0.5, 0.6) is 0 Å². The molecule has 11 nitrogen and oxygen atoms in total. The van der Waals surface area contributed by atoms with Crippen LogP contribution in [0.15, 0.2) is 54.6 Å². The molecule has 1 aromatic heterocycles. The van der Waals surface area contributed by atoms with Crippen LogP contribution in [0.25, 0.3) is 11.0 Å². The number of benzene rings is 2. The number of likely N-dealkylation sites (tertiary alicyclic amines) is 1. The van der Waals surface area contributed by atoms with Crippen LogP contribution in [-0.4, -0.2) is 72.6 Å². The maximum Gasteiger partial charge on any atom is 0.247 e. The second-order valence-electron chi connectivity index (χ2n) is 11.0. The van der Waals surface area contributed by atoms with Crippen molar-refractivity contribution in [1.82, 2.24) is 25.2 Å². The first-order chi connectivity index (χ1) is 19.4. The van der Waals surface area contributed by atoms with Gasteiger partial charge in [-0.1, -0.05) is 49.4 Å². The van der Waals surface area contributed by atoms with Gasteiger partial charge in [-0.05, 0) is 49.9 Å². The first-order valence-electron chi connectivity index (χ1n) is 13.9. The third-order valence-corrected chi connectivity index (χ3v) is 9.09. The largest absolute Gasteiger partial charge is 0.394 e. The van der Waals surface area contributed by atoms with Crippen LogP contribution in [0.2, 0.25) is 0 Å². The number of rotatable bonds is 9. The molecule has 3 aliphatic heterocycles. The molecule has 0 aliphatic carbocycles. The highest BCUT2D eigenvalue weighted by Crippen LogP contribution is 2.64. The number of carbonyl (C=O) groups excluding carboxylic acids is 3. The van der Waals surface area contributed by atoms with Gasteiger partial charge in [-0.15, -0.1) is 5.10 Å². The molecule has 1 spiro atoms. The van der Waals surface area contributed by atoms with E-state index in [4.69, 9.17) is 4.74 Å². The summed E-state index contributed by atoms with van der Waals surface area (Å²) in [6.07, 6.45) is 2.00. The van der Waals surface area contributed by atoms with Gasteiger partial charge < -0.3 is 25.4 Å². The molecule has 3 fully saturated rings. The molecule has 0 radical (unpaired) electrons. The van der Waals surface area contributed by atoms with E-state index in [2.05, 4.69) is 20.9 Å². The van der Waals surface area contributed by atoms with Gasteiger partial charge >= 0.3 is 0 Å². The standard InChI is InChI=1S/C29H34N6O5/c1-3-19(16-36)35-24(26(38)30-17-34-21-13-9-8-12-20(21)32-33-34)29-15-14-28(4-2,40-29)22(23(29)27(35)39)25(37)31-18-10-6-5-7-11-18/h5-13,19,22-24,36H,3-4,14-17H2,1-2H3,(H,30,38)(H,31,37)/t19-,22+,23-,24?,28-,29?/m0/s1. The number of nitrogens with zero attached hydrogens (tertiary/aromatic N) is 4. The quantitative estimate of drug-likeness (QED) is 0.373. The Morgan fingerprint density at radius 3 is 2.58 bits per heavy atom. The number of hydrogen-bond acceptors (Lipinski definition) is 7. The fraction of sp³-hybridized carbons (Fsp3) is 0.483. The second kappa shape index (κ2) is 9.97. The summed E-state index contributed by atoms with van der Waals surface area (Å²) in [6.45, 7) is 3.56. The number of fused-ring (bicyclic) bond motifs is 2. The zero-order valence-electron chi connectivity index (χ0n) is 22.6. The van der Waals surface area contributed by atoms with E-state index in [1.165, 1.54) is 4.90 Å². The number of aromatic nitrogens is 3. The van der Waals surface area contributed by atoms with Crippen LogP contribution in [-0.2, 0) is 25.8 Å². The second-order valence-corrected chi connectivity index (χ2v) is 11.0. The zero-order chi connectivity index (χ0) is 28.1. The molecule has 3 aliphatic rings. The number of ether oxygens (including phenoxy) is 1. The fourth-order valence-electron chi connectivity index (χ4n) is 7.19. The molecule has 2 aromatic carbocycles. The lowest BCUT2D eigenvalue weighted by molar-refractivity contribution is -0.150. The molecule has 40 heavy (non-hydrogen) atoms. The summed E-state index contributed by atoms with van der Waals surface area (Å²) in [6, 6.07) is 15.0. The minimum absolute atomic E-state index is 0.0470. The van der Waals surface area contributed by atoms with Crippen molar-refractivity contribution in [3.63, 3.8) is 0 Å². The average molecular weight is 547 g/mol. The van der Waals surface area contributed by atoms with Crippen molar-refractivity contribution < 1.29 is 24.2 Å². The molecule has 210 valence electrons. The van der Waals surface area contributed by atoms with Gasteiger partial charge in [0.25, 0.3) is 0 Å². The van der Waals surface area contributed by atoms with Crippen LogP contribution in [0, 0.1) is 11.8 Å². The van der Waals surface area contributed by atoms with E-state index in [0.717, 1.165) is 5.52 Å². The minimum atomic E-state index is -1.18. The maximum atomic E-state index is 14.2. The van der Waals surface area contributed by atoms with Crippen molar-refractivity contribution in [1.29, 1.82) is 0 Å². The topological polar surface area (TPSA) is 139 Å². The molecular weight excluding hydrogens is 512 g/mol.